The number of hydrogen-bond donors (Lipinski definition) is 1. The van der Waals surface area contributed by atoms with Crippen LogP contribution in [0.4, 0.5) is 5.69 Å². The number of halogens is 2. The van der Waals surface area contributed by atoms with Gasteiger partial charge in [-0.25, -0.2) is 8.42 Å². The highest BCUT2D eigenvalue weighted by Crippen LogP contribution is 2.30. The van der Waals surface area contributed by atoms with Crippen LogP contribution in [-0.4, -0.2) is 44.8 Å². The maximum atomic E-state index is 13.8. The molecule has 0 aliphatic carbocycles. The molecule has 0 spiro atoms. The first-order valence-corrected chi connectivity index (χ1v) is 14.2. The molecule has 0 bridgehead atoms. The maximum Gasteiger partial charge on any atom is 0.264 e. The van der Waals surface area contributed by atoms with E-state index < -0.39 is 28.5 Å². The average Bonchev–Trinajstić information content (AvgIpc) is 2.87. The predicted octanol–water partition coefficient (Wildman–Crippen LogP) is 5.08. The second-order valence-corrected chi connectivity index (χ2v) is 11.9. The second kappa shape index (κ2) is 12.1. The zero-order valence-electron chi connectivity index (χ0n) is 21.0. The molecule has 0 unspecified atom stereocenters. The number of hydrogen-bond acceptors (Lipinski definition) is 4. The number of amides is 2. The Morgan fingerprint density at radius 3 is 2.22 bits per heavy atom. The number of rotatable bonds is 9. The molecule has 0 fully saturated rings. The first-order chi connectivity index (χ1) is 17.4. The number of anilines is 1. The van der Waals surface area contributed by atoms with Crippen molar-refractivity contribution in [3.63, 3.8) is 0 Å². The monoisotopic (exact) mass is 605 g/mol. The Balaban J connectivity index is 2.07. The van der Waals surface area contributed by atoms with Crippen molar-refractivity contribution in [2.45, 2.75) is 38.3 Å². The first-order valence-electron chi connectivity index (χ1n) is 11.5. The minimum absolute atomic E-state index is 0.0454. The van der Waals surface area contributed by atoms with Gasteiger partial charge < -0.3 is 10.2 Å². The van der Waals surface area contributed by atoms with Gasteiger partial charge >= 0.3 is 0 Å². The number of likely N-dealkylation sites (N-methyl/N-ethyl adjacent to an activating group) is 1. The summed E-state index contributed by atoms with van der Waals surface area (Å²) in [5.41, 5.74) is 2.61. The summed E-state index contributed by atoms with van der Waals surface area (Å²) in [5, 5.41) is 2.90. The van der Waals surface area contributed by atoms with Gasteiger partial charge in [-0.15, -0.1) is 0 Å². The highest BCUT2D eigenvalue weighted by atomic mass is 79.9. The Kier molecular flexibility index (Phi) is 9.39. The summed E-state index contributed by atoms with van der Waals surface area (Å²) in [6.45, 7) is 4.82. The third-order valence-corrected chi connectivity index (χ3v) is 8.55. The fourth-order valence-electron chi connectivity index (χ4n) is 3.78. The van der Waals surface area contributed by atoms with E-state index in [9.17, 15) is 18.0 Å². The highest BCUT2D eigenvalue weighted by molar-refractivity contribution is 9.10. The van der Waals surface area contributed by atoms with Crippen molar-refractivity contribution in [1.29, 1.82) is 0 Å². The van der Waals surface area contributed by atoms with E-state index in [4.69, 9.17) is 11.6 Å². The molecule has 0 saturated heterocycles. The molecule has 1 atom stereocenters. The summed E-state index contributed by atoms with van der Waals surface area (Å²) in [6.07, 6.45) is 0. The number of nitrogens with zero attached hydrogens (tertiary/aromatic N) is 2. The van der Waals surface area contributed by atoms with E-state index >= 15 is 0 Å². The molecule has 3 rings (SSSR count). The normalized spacial score (nSPS) is 12.1. The lowest BCUT2D eigenvalue weighted by Crippen LogP contribution is -2.50. The zero-order chi connectivity index (χ0) is 27.3. The van der Waals surface area contributed by atoms with E-state index in [2.05, 4.69) is 21.2 Å². The molecule has 0 radical (unpaired) electrons. The van der Waals surface area contributed by atoms with Gasteiger partial charge in [0.2, 0.25) is 11.8 Å². The minimum Gasteiger partial charge on any atom is -0.357 e. The van der Waals surface area contributed by atoms with Gasteiger partial charge in [0, 0.05) is 23.1 Å². The van der Waals surface area contributed by atoms with Gasteiger partial charge in [-0.05, 0) is 68.3 Å². The van der Waals surface area contributed by atoms with Gasteiger partial charge in [-0.2, -0.15) is 0 Å². The van der Waals surface area contributed by atoms with E-state index in [1.807, 2.05) is 31.2 Å². The highest BCUT2D eigenvalue weighted by Gasteiger charge is 2.33. The topological polar surface area (TPSA) is 86.8 Å². The van der Waals surface area contributed by atoms with Crippen LogP contribution in [0.25, 0.3) is 0 Å². The van der Waals surface area contributed by atoms with Gasteiger partial charge in [0.15, 0.2) is 0 Å². The summed E-state index contributed by atoms with van der Waals surface area (Å²) in [4.78, 5) is 27.8. The fraction of sp³-hybridized carbons (Fsp3) is 0.259. The van der Waals surface area contributed by atoms with Crippen LogP contribution in [0.1, 0.15) is 23.6 Å². The predicted molar refractivity (Wildman–Crippen MR) is 150 cm³/mol. The molecule has 2 amide bonds. The molecule has 0 aromatic heterocycles. The van der Waals surface area contributed by atoms with Crippen LogP contribution >= 0.6 is 27.5 Å². The van der Waals surface area contributed by atoms with Crippen molar-refractivity contribution in [2.24, 2.45) is 0 Å². The SMILES string of the molecule is CNC(=O)[C@@H](C)N(Cc1ccc(Br)cc1)C(=O)CN(c1cc(Cl)ccc1C)S(=O)(=O)c1ccc(C)cc1. The molecule has 196 valence electrons. The Hall–Kier alpha value is -2.88. The van der Waals surface area contributed by atoms with Crippen LogP contribution in [0, 0.1) is 13.8 Å². The Labute approximate surface area is 231 Å². The van der Waals surface area contributed by atoms with Crippen LogP contribution in [0.3, 0.4) is 0 Å². The van der Waals surface area contributed by atoms with E-state index in [1.165, 1.54) is 30.1 Å². The standard InChI is InChI=1S/C27H29BrClN3O4S/c1-18-5-13-24(14-6-18)37(35,36)32(25-15-23(29)12-7-19(25)2)17-26(33)31(20(3)27(34)30-4)16-21-8-10-22(28)11-9-21/h5-15,20H,16-17H2,1-4H3,(H,30,34)/t20-/m1/s1. The van der Waals surface area contributed by atoms with Crippen LogP contribution in [0.2, 0.25) is 5.02 Å². The van der Waals surface area contributed by atoms with Crippen molar-refractivity contribution >= 4 is 55.1 Å². The molecular weight excluding hydrogens is 578 g/mol. The average molecular weight is 607 g/mol. The Morgan fingerprint density at radius 2 is 1.62 bits per heavy atom. The number of carbonyl (C=O) groups excluding carboxylic acids is 2. The molecule has 0 heterocycles. The van der Waals surface area contributed by atoms with E-state index in [0.29, 0.717) is 10.6 Å². The van der Waals surface area contributed by atoms with Gasteiger partial charge in [0.05, 0.1) is 10.6 Å². The molecule has 37 heavy (non-hydrogen) atoms. The van der Waals surface area contributed by atoms with Gasteiger partial charge in [0.25, 0.3) is 10.0 Å². The van der Waals surface area contributed by atoms with Crippen LogP contribution in [0.15, 0.2) is 76.1 Å². The van der Waals surface area contributed by atoms with Crippen molar-refractivity contribution in [1.82, 2.24) is 10.2 Å². The lowest BCUT2D eigenvalue weighted by atomic mass is 10.1. The molecule has 1 N–H and O–H groups in total. The molecule has 0 aliphatic rings. The fourth-order valence-corrected chi connectivity index (χ4v) is 5.68. The summed E-state index contributed by atoms with van der Waals surface area (Å²) in [6, 6.07) is 17.8. The van der Waals surface area contributed by atoms with Crippen molar-refractivity contribution < 1.29 is 18.0 Å². The summed E-state index contributed by atoms with van der Waals surface area (Å²) in [5.74, 6) is -0.897. The molecule has 7 nitrogen and oxygen atoms in total. The van der Waals surface area contributed by atoms with Gasteiger partial charge in [-0.3, -0.25) is 13.9 Å². The molecule has 10 heteroatoms. The van der Waals surface area contributed by atoms with E-state index in [0.717, 1.165) is 19.9 Å². The largest absolute Gasteiger partial charge is 0.357 e. The first kappa shape index (κ1) is 28.7. The second-order valence-electron chi connectivity index (χ2n) is 8.69. The molecule has 3 aromatic carbocycles. The van der Waals surface area contributed by atoms with Gasteiger partial charge in [-0.1, -0.05) is 63.4 Å². The Morgan fingerprint density at radius 1 is 1.00 bits per heavy atom. The third-order valence-electron chi connectivity index (χ3n) is 6.01. The number of sulfonamides is 1. The summed E-state index contributed by atoms with van der Waals surface area (Å²) in [7, 11) is -2.66. The number of benzene rings is 3. The van der Waals surface area contributed by atoms with Crippen LogP contribution < -0.4 is 9.62 Å². The van der Waals surface area contributed by atoms with Crippen molar-refractivity contribution in [2.75, 3.05) is 17.9 Å². The van der Waals surface area contributed by atoms with E-state index in [-0.39, 0.29) is 23.0 Å². The smallest absolute Gasteiger partial charge is 0.264 e. The lowest BCUT2D eigenvalue weighted by molar-refractivity contribution is -0.139. The minimum atomic E-state index is -4.15. The molecule has 0 saturated carbocycles. The zero-order valence-corrected chi connectivity index (χ0v) is 24.2. The summed E-state index contributed by atoms with van der Waals surface area (Å²) < 4.78 is 29.6. The third kappa shape index (κ3) is 6.91. The number of nitrogens with one attached hydrogen (secondary N) is 1. The van der Waals surface area contributed by atoms with E-state index in [1.54, 1.807) is 38.1 Å². The molecular formula is C27H29BrClN3O4S. The van der Waals surface area contributed by atoms with Crippen LogP contribution in [-0.2, 0) is 26.2 Å². The van der Waals surface area contributed by atoms with Crippen molar-refractivity contribution in [3.8, 4) is 0 Å². The maximum absolute atomic E-state index is 13.8. The van der Waals surface area contributed by atoms with Gasteiger partial charge in [0.1, 0.15) is 12.6 Å². The summed E-state index contributed by atoms with van der Waals surface area (Å²) >= 11 is 9.63. The Bertz CT molecular complexity index is 1380. The number of aryl methyl sites for hydroxylation is 2. The number of carbonyl (C=O) groups is 2. The van der Waals surface area contributed by atoms with Crippen LogP contribution in [0.5, 0.6) is 0 Å². The molecule has 3 aromatic rings. The van der Waals surface area contributed by atoms with Crippen molar-refractivity contribution in [3.05, 3.63) is 92.9 Å². The quantitative estimate of drug-likeness (QED) is 0.368. The molecule has 0 aliphatic heterocycles. The lowest BCUT2D eigenvalue weighted by Gasteiger charge is -2.32.